The number of amides is 1. The predicted molar refractivity (Wildman–Crippen MR) is 107 cm³/mol. The molecule has 0 bridgehead atoms. The Balaban J connectivity index is 1.84. The van der Waals surface area contributed by atoms with E-state index in [1.807, 2.05) is 17.8 Å². The number of aromatic nitrogens is 5. The molecule has 0 spiro atoms. The van der Waals surface area contributed by atoms with Crippen LogP contribution in [-0.4, -0.2) is 54.1 Å². The number of nitrogens with one attached hydrogen (secondary N) is 1. The number of piperazine rings is 1. The average molecular weight is 397 g/mol. The summed E-state index contributed by atoms with van der Waals surface area (Å²) in [4.78, 5) is 48.8. The Bertz CT molecular complexity index is 1240. The number of hydrogen-bond acceptors (Lipinski definition) is 6. The molecule has 0 aliphatic carbocycles. The minimum Gasteiger partial charge on any atom is -0.336 e. The lowest BCUT2D eigenvalue weighted by Crippen LogP contribution is -2.49. The fraction of sp³-hybridized carbons (Fsp3) is 0.421. The number of nitrogens with zero attached hydrogens (tertiary/aromatic N) is 6. The summed E-state index contributed by atoms with van der Waals surface area (Å²) in [6.07, 6.45) is 3.55. The molecule has 1 unspecified atom stereocenters. The molecule has 29 heavy (non-hydrogen) atoms. The summed E-state index contributed by atoms with van der Waals surface area (Å²) in [5.41, 5.74) is 0.134. The summed E-state index contributed by atoms with van der Waals surface area (Å²) < 4.78 is 4.24. The van der Waals surface area contributed by atoms with E-state index in [0.29, 0.717) is 30.6 Å². The molecule has 1 aliphatic rings. The van der Waals surface area contributed by atoms with Crippen LogP contribution in [0.15, 0.2) is 28.0 Å². The van der Waals surface area contributed by atoms with Gasteiger partial charge >= 0.3 is 5.69 Å². The minimum atomic E-state index is -0.480. The van der Waals surface area contributed by atoms with Gasteiger partial charge in [-0.3, -0.25) is 18.7 Å². The summed E-state index contributed by atoms with van der Waals surface area (Å²) >= 11 is 0. The molecule has 3 aromatic heterocycles. The number of pyridine rings is 1. The fourth-order valence-electron chi connectivity index (χ4n) is 3.87. The van der Waals surface area contributed by atoms with Crippen molar-refractivity contribution in [1.82, 2.24) is 33.9 Å². The van der Waals surface area contributed by atoms with Gasteiger partial charge in [0.15, 0.2) is 0 Å². The van der Waals surface area contributed by atoms with Crippen molar-refractivity contribution in [3.05, 3.63) is 56.4 Å². The van der Waals surface area contributed by atoms with Crippen molar-refractivity contribution in [1.29, 1.82) is 0 Å². The highest BCUT2D eigenvalue weighted by Gasteiger charge is 2.32. The number of carbonyl (C=O) groups is 1. The van der Waals surface area contributed by atoms with E-state index < -0.39 is 11.2 Å². The smallest absolute Gasteiger partial charge is 0.332 e. The molecule has 10 heteroatoms. The Hall–Kier alpha value is -3.27. The summed E-state index contributed by atoms with van der Waals surface area (Å²) in [7, 11) is 4.87. The molecule has 1 saturated heterocycles. The lowest BCUT2D eigenvalue weighted by atomic mass is 10.1. The minimum absolute atomic E-state index is 0.208. The average Bonchev–Trinajstić information content (AvgIpc) is 3.15. The van der Waals surface area contributed by atoms with Gasteiger partial charge in [-0.1, -0.05) is 0 Å². The summed E-state index contributed by atoms with van der Waals surface area (Å²) in [5, 5.41) is 3.64. The molecule has 1 atom stereocenters. The van der Waals surface area contributed by atoms with Crippen molar-refractivity contribution in [2.45, 2.75) is 13.0 Å². The number of aryl methyl sites for hydroxylation is 3. The molecule has 0 radical (unpaired) electrons. The van der Waals surface area contributed by atoms with E-state index in [0.717, 1.165) is 10.4 Å². The van der Waals surface area contributed by atoms with Gasteiger partial charge < -0.3 is 14.8 Å². The van der Waals surface area contributed by atoms with Gasteiger partial charge in [0.25, 0.3) is 11.5 Å². The van der Waals surface area contributed by atoms with Gasteiger partial charge in [-0.05, 0) is 18.6 Å². The fourth-order valence-corrected chi connectivity index (χ4v) is 3.87. The second-order valence-electron chi connectivity index (χ2n) is 7.34. The number of imidazole rings is 1. The molecular weight excluding hydrogens is 374 g/mol. The Morgan fingerprint density at radius 3 is 2.66 bits per heavy atom. The van der Waals surface area contributed by atoms with Crippen LogP contribution in [0, 0.1) is 6.92 Å². The zero-order valence-corrected chi connectivity index (χ0v) is 16.8. The molecule has 4 heterocycles. The van der Waals surface area contributed by atoms with Gasteiger partial charge in [0, 0.05) is 53.2 Å². The van der Waals surface area contributed by atoms with Crippen molar-refractivity contribution in [3.63, 3.8) is 0 Å². The second-order valence-corrected chi connectivity index (χ2v) is 7.34. The molecule has 0 aromatic carbocycles. The third kappa shape index (κ3) is 2.96. The molecule has 0 saturated carbocycles. The number of fused-ring (bicyclic) bond motifs is 1. The maximum atomic E-state index is 13.4. The lowest BCUT2D eigenvalue weighted by molar-refractivity contribution is 0.0615. The maximum absolute atomic E-state index is 13.4. The third-order valence-corrected chi connectivity index (χ3v) is 5.49. The largest absolute Gasteiger partial charge is 0.336 e. The Morgan fingerprint density at radius 1 is 1.21 bits per heavy atom. The van der Waals surface area contributed by atoms with Gasteiger partial charge in [-0.15, -0.1) is 0 Å². The van der Waals surface area contributed by atoms with Crippen LogP contribution in [0.25, 0.3) is 11.0 Å². The quantitative estimate of drug-likeness (QED) is 0.623. The summed E-state index contributed by atoms with van der Waals surface area (Å²) in [6.45, 7) is 3.51. The zero-order valence-electron chi connectivity index (χ0n) is 16.8. The lowest BCUT2D eigenvalue weighted by Gasteiger charge is -2.35. The van der Waals surface area contributed by atoms with Gasteiger partial charge in [0.2, 0.25) is 0 Å². The van der Waals surface area contributed by atoms with Gasteiger partial charge in [0.05, 0.1) is 5.39 Å². The molecule has 4 rings (SSSR count). The number of rotatable bonds is 2. The standard InChI is InChI=1S/C19H23N7O3/c1-11-9-12(22-16-14(11)18(28)25(4)19(29)24(16)3)17(27)26-8-5-20-10-13(26)15-21-6-7-23(15)2/h6-7,9,13,20H,5,8,10H2,1-4H3. The highest BCUT2D eigenvalue weighted by molar-refractivity contribution is 5.95. The van der Waals surface area contributed by atoms with Crippen LogP contribution in [0.3, 0.4) is 0 Å². The van der Waals surface area contributed by atoms with Crippen LogP contribution in [0.2, 0.25) is 0 Å². The Kier molecular flexibility index (Phi) is 4.58. The van der Waals surface area contributed by atoms with Crippen molar-refractivity contribution >= 4 is 16.9 Å². The highest BCUT2D eigenvalue weighted by atomic mass is 16.2. The van der Waals surface area contributed by atoms with E-state index in [-0.39, 0.29) is 23.3 Å². The van der Waals surface area contributed by atoms with Crippen molar-refractivity contribution < 1.29 is 4.79 Å². The van der Waals surface area contributed by atoms with Crippen LogP contribution >= 0.6 is 0 Å². The molecule has 1 fully saturated rings. The maximum Gasteiger partial charge on any atom is 0.332 e. The van der Waals surface area contributed by atoms with Gasteiger partial charge in [-0.25, -0.2) is 14.8 Å². The zero-order chi connectivity index (χ0) is 20.9. The van der Waals surface area contributed by atoms with E-state index >= 15 is 0 Å². The normalized spacial score (nSPS) is 17.1. The summed E-state index contributed by atoms with van der Waals surface area (Å²) in [6, 6.07) is 1.38. The van der Waals surface area contributed by atoms with Crippen LogP contribution in [-0.2, 0) is 21.1 Å². The Morgan fingerprint density at radius 2 is 1.97 bits per heavy atom. The molecule has 1 aliphatic heterocycles. The first-order valence-corrected chi connectivity index (χ1v) is 9.37. The first-order valence-electron chi connectivity index (χ1n) is 9.37. The van der Waals surface area contributed by atoms with Crippen LogP contribution < -0.4 is 16.6 Å². The van der Waals surface area contributed by atoms with E-state index in [4.69, 9.17) is 0 Å². The van der Waals surface area contributed by atoms with E-state index in [2.05, 4.69) is 15.3 Å². The predicted octanol–water partition coefficient (Wildman–Crippen LogP) is -0.539. The van der Waals surface area contributed by atoms with Crippen LogP contribution in [0.1, 0.15) is 27.9 Å². The van der Waals surface area contributed by atoms with Crippen molar-refractivity contribution in [2.75, 3.05) is 19.6 Å². The van der Waals surface area contributed by atoms with Gasteiger partial charge in [-0.2, -0.15) is 0 Å². The molecule has 1 N–H and O–H groups in total. The Labute approximate surface area is 166 Å². The van der Waals surface area contributed by atoms with Gasteiger partial charge in [0.1, 0.15) is 23.2 Å². The molecule has 10 nitrogen and oxygen atoms in total. The highest BCUT2D eigenvalue weighted by Crippen LogP contribution is 2.23. The molecular formula is C19H23N7O3. The van der Waals surface area contributed by atoms with Crippen molar-refractivity contribution in [3.8, 4) is 0 Å². The topological polar surface area (TPSA) is 107 Å². The van der Waals surface area contributed by atoms with Crippen LogP contribution in [0.5, 0.6) is 0 Å². The number of hydrogen-bond donors (Lipinski definition) is 1. The first-order chi connectivity index (χ1) is 13.8. The molecule has 1 amide bonds. The molecule has 3 aromatic rings. The molecule has 152 valence electrons. The van der Waals surface area contributed by atoms with E-state index in [9.17, 15) is 14.4 Å². The summed E-state index contributed by atoms with van der Waals surface area (Å²) in [5.74, 6) is 0.530. The third-order valence-electron chi connectivity index (χ3n) is 5.49. The first kappa shape index (κ1) is 19.1. The SMILES string of the molecule is Cc1cc(C(=O)N2CCNCC2c2nccn2C)nc2c1c(=O)n(C)c(=O)n2C. The van der Waals surface area contributed by atoms with Crippen molar-refractivity contribution in [2.24, 2.45) is 21.1 Å². The van der Waals surface area contributed by atoms with Crippen LogP contribution in [0.4, 0.5) is 0 Å². The van der Waals surface area contributed by atoms with E-state index in [1.54, 1.807) is 31.1 Å². The monoisotopic (exact) mass is 397 g/mol. The number of carbonyl (C=O) groups excluding carboxylic acids is 1. The second kappa shape index (κ2) is 6.96. The van der Waals surface area contributed by atoms with E-state index in [1.165, 1.54) is 11.6 Å².